The van der Waals surface area contributed by atoms with Gasteiger partial charge in [-0.25, -0.2) is 19.9 Å². The normalized spacial score (nSPS) is 11.4. The zero-order chi connectivity index (χ0) is 31.2. The van der Waals surface area contributed by atoms with E-state index >= 15 is 0 Å². The Balaban J connectivity index is 1.16. The maximum absolute atomic E-state index is 6.09. The maximum Gasteiger partial charge on any atom is 0.227 e. The Labute approximate surface area is 270 Å². The predicted molar refractivity (Wildman–Crippen MR) is 187 cm³/mol. The molecule has 0 amide bonds. The highest BCUT2D eigenvalue weighted by Gasteiger charge is 2.16. The van der Waals surface area contributed by atoms with Crippen molar-refractivity contribution in [2.24, 2.45) is 0 Å². The van der Waals surface area contributed by atoms with Crippen LogP contribution >= 0.6 is 0 Å². The summed E-state index contributed by atoms with van der Waals surface area (Å²) in [5.74, 6) is 1.87. The zero-order valence-electron chi connectivity index (χ0n) is 25.1. The number of fused-ring (bicyclic) bond motifs is 4. The summed E-state index contributed by atoms with van der Waals surface area (Å²) in [6.07, 6.45) is 1.93. The Morgan fingerprint density at radius 1 is 0.404 bits per heavy atom. The van der Waals surface area contributed by atoms with E-state index in [1.807, 2.05) is 109 Å². The molecule has 0 spiro atoms. The van der Waals surface area contributed by atoms with Gasteiger partial charge in [-0.05, 0) is 35.2 Å². The third-order valence-corrected chi connectivity index (χ3v) is 8.41. The van der Waals surface area contributed by atoms with Crippen molar-refractivity contribution >= 4 is 32.8 Å². The third-order valence-electron chi connectivity index (χ3n) is 8.41. The Kier molecular flexibility index (Phi) is 6.35. The summed E-state index contributed by atoms with van der Waals surface area (Å²) in [6.45, 7) is 0. The van der Waals surface area contributed by atoms with Gasteiger partial charge in [0.15, 0.2) is 17.5 Å². The van der Waals surface area contributed by atoms with Crippen LogP contribution < -0.4 is 0 Å². The Morgan fingerprint density at radius 2 is 0.979 bits per heavy atom. The van der Waals surface area contributed by atoms with Crippen molar-refractivity contribution in [2.45, 2.75) is 0 Å². The second-order valence-electron chi connectivity index (χ2n) is 11.3. The van der Waals surface area contributed by atoms with Crippen molar-refractivity contribution in [1.29, 1.82) is 0 Å². The van der Waals surface area contributed by atoms with Crippen molar-refractivity contribution < 1.29 is 4.42 Å². The molecule has 220 valence electrons. The van der Waals surface area contributed by atoms with Gasteiger partial charge in [0.1, 0.15) is 5.58 Å². The molecule has 0 atom stereocenters. The van der Waals surface area contributed by atoms with Gasteiger partial charge in [0.05, 0.1) is 11.4 Å². The van der Waals surface area contributed by atoms with Crippen LogP contribution in [0, 0.1) is 0 Å². The van der Waals surface area contributed by atoms with Gasteiger partial charge in [0, 0.05) is 44.6 Å². The summed E-state index contributed by atoms with van der Waals surface area (Å²) in [4.78, 5) is 24.6. The summed E-state index contributed by atoms with van der Waals surface area (Å²) >= 11 is 0. The molecule has 5 aromatic carbocycles. The minimum Gasteiger partial charge on any atom is -0.438 e. The number of hydrogen-bond donors (Lipinski definition) is 0. The van der Waals surface area contributed by atoms with Crippen LogP contribution in [-0.4, -0.2) is 24.9 Å². The van der Waals surface area contributed by atoms with Gasteiger partial charge in [0.2, 0.25) is 5.71 Å². The fourth-order valence-electron chi connectivity index (χ4n) is 6.13. The lowest BCUT2D eigenvalue weighted by Crippen LogP contribution is -2.00. The third kappa shape index (κ3) is 4.80. The zero-order valence-corrected chi connectivity index (χ0v) is 25.1. The Hall–Kier alpha value is -6.53. The van der Waals surface area contributed by atoms with E-state index in [2.05, 4.69) is 42.5 Å². The fourth-order valence-corrected chi connectivity index (χ4v) is 6.13. The highest BCUT2D eigenvalue weighted by atomic mass is 16.3. The number of benzene rings is 5. The maximum atomic E-state index is 6.09. The average Bonchev–Trinajstić information content (AvgIpc) is 3.53. The number of nitrogens with zero attached hydrogens (tertiary/aromatic N) is 5. The average molecular weight is 604 g/mol. The van der Waals surface area contributed by atoms with E-state index in [9.17, 15) is 0 Å². The van der Waals surface area contributed by atoms with Crippen LogP contribution in [0.15, 0.2) is 156 Å². The Morgan fingerprint density at radius 3 is 1.70 bits per heavy atom. The first-order valence-corrected chi connectivity index (χ1v) is 15.4. The van der Waals surface area contributed by atoms with Gasteiger partial charge < -0.3 is 4.42 Å². The van der Waals surface area contributed by atoms with E-state index in [-0.39, 0.29) is 0 Å². The lowest BCUT2D eigenvalue weighted by molar-refractivity contribution is 0.654. The molecule has 0 saturated heterocycles. The molecule has 6 nitrogen and oxygen atoms in total. The van der Waals surface area contributed by atoms with Gasteiger partial charge in [-0.3, -0.25) is 4.98 Å². The fraction of sp³-hybridized carbons (Fsp3) is 0. The van der Waals surface area contributed by atoms with E-state index in [4.69, 9.17) is 29.3 Å². The van der Waals surface area contributed by atoms with Gasteiger partial charge in [-0.15, -0.1) is 0 Å². The molecule has 0 aliphatic heterocycles. The van der Waals surface area contributed by atoms with E-state index in [1.165, 1.54) is 0 Å². The van der Waals surface area contributed by atoms with Gasteiger partial charge in [-0.2, -0.15) is 0 Å². The summed E-state index contributed by atoms with van der Waals surface area (Å²) in [5, 5.41) is 4.13. The lowest BCUT2D eigenvalue weighted by Gasteiger charge is -2.12. The van der Waals surface area contributed by atoms with Crippen LogP contribution in [0.5, 0.6) is 0 Å². The summed E-state index contributed by atoms with van der Waals surface area (Å²) in [6, 6.07) is 48.8. The van der Waals surface area contributed by atoms with Gasteiger partial charge in [-0.1, -0.05) is 121 Å². The van der Waals surface area contributed by atoms with Crippen LogP contribution in [0.3, 0.4) is 0 Å². The van der Waals surface area contributed by atoms with Crippen molar-refractivity contribution in [2.75, 3.05) is 0 Å². The SMILES string of the molecule is c1ccc(-c2nc(-c3ccccc3)nc(-c3cccc(-c4cnc(-c5ccc6c(n5)oc5ccccc56)c5ccccc45)c3)n2)cc1. The molecular weight excluding hydrogens is 578 g/mol. The summed E-state index contributed by atoms with van der Waals surface area (Å²) in [5.41, 5.74) is 7.79. The molecule has 0 fully saturated rings. The molecule has 0 saturated carbocycles. The van der Waals surface area contributed by atoms with E-state index in [0.29, 0.717) is 23.2 Å². The van der Waals surface area contributed by atoms with Crippen LogP contribution in [0.4, 0.5) is 0 Å². The first-order chi connectivity index (χ1) is 23.3. The monoisotopic (exact) mass is 603 g/mol. The van der Waals surface area contributed by atoms with Gasteiger partial charge >= 0.3 is 0 Å². The predicted octanol–water partition coefficient (Wildman–Crippen LogP) is 10.0. The quantitative estimate of drug-likeness (QED) is 0.195. The van der Waals surface area contributed by atoms with E-state index in [1.54, 1.807) is 0 Å². The topological polar surface area (TPSA) is 77.6 Å². The van der Waals surface area contributed by atoms with Crippen LogP contribution in [0.2, 0.25) is 0 Å². The number of rotatable bonds is 5. The highest BCUT2D eigenvalue weighted by Crippen LogP contribution is 2.36. The lowest BCUT2D eigenvalue weighted by atomic mass is 9.97. The number of furan rings is 1. The largest absolute Gasteiger partial charge is 0.438 e. The second-order valence-corrected chi connectivity index (χ2v) is 11.3. The number of aromatic nitrogens is 5. The van der Waals surface area contributed by atoms with Crippen molar-refractivity contribution in [1.82, 2.24) is 24.9 Å². The summed E-state index contributed by atoms with van der Waals surface area (Å²) in [7, 11) is 0. The number of para-hydroxylation sites is 1. The Bertz CT molecular complexity index is 2520. The molecule has 0 N–H and O–H groups in total. The minimum atomic E-state index is 0.605. The van der Waals surface area contributed by atoms with E-state index in [0.717, 1.165) is 66.3 Å². The molecule has 0 unspecified atom stereocenters. The molecular formula is C41H25N5O. The standard InChI is InChI=1S/C41H25N5O/c1-3-12-26(13-4-1)38-44-39(27-14-5-2-6-15-27)46-40(45-38)29-17-11-16-28(24-29)34-25-42-37(32-20-8-7-18-30(32)34)35-23-22-33-31-19-9-10-21-36(31)47-41(33)43-35/h1-25H. The van der Waals surface area contributed by atoms with Crippen LogP contribution in [0.1, 0.15) is 0 Å². The van der Waals surface area contributed by atoms with Crippen LogP contribution in [-0.2, 0) is 0 Å². The molecule has 9 aromatic rings. The molecule has 4 aromatic heterocycles. The van der Waals surface area contributed by atoms with Crippen LogP contribution in [0.25, 0.3) is 89.5 Å². The molecule has 0 aliphatic rings. The highest BCUT2D eigenvalue weighted by molar-refractivity contribution is 6.06. The molecule has 4 heterocycles. The first-order valence-electron chi connectivity index (χ1n) is 15.4. The van der Waals surface area contributed by atoms with Crippen molar-refractivity contribution in [3.63, 3.8) is 0 Å². The van der Waals surface area contributed by atoms with Crippen molar-refractivity contribution in [3.05, 3.63) is 152 Å². The smallest absolute Gasteiger partial charge is 0.227 e. The molecule has 0 aliphatic carbocycles. The molecule has 47 heavy (non-hydrogen) atoms. The second kappa shape index (κ2) is 11.1. The molecule has 0 bridgehead atoms. The molecule has 9 rings (SSSR count). The molecule has 6 heteroatoms. The van der Waals surface area contributed by atoms with Gasteiger partial charge in [0.25, 0.3) is 0 Å². The first kappa shape index (κ1) is 26.8. The number of pyridine rings is 2. The van der Waals surface area contributed by atoms with Crippen molar-refractivity contribution in [3.8, 4) is 56.7 Å². The minimum absolute atomic E-state index is 0.605. The summed E-state index contributed by atoms with van der Waals surface area (Å²) < 4.78 is 6.09. The molecule has 0 radical (unpaired) electrons. The van der Waals surface area contributed by atoms with E-state index < -0.39 is 0 Å². The number of hydrogen-bond acceptors (Lipinski definition) is 6.